The Morgan fingerprint density at radius 2 is 0.962 bits per heavy atom. The Labute approximate surface area is 153 Å². The molecule has 0 aromatic rings. The van der Waals surface area contributed by atoms with Gasteiger partial charge in [0.2, 0.25) is 0 Å². The number of nitrogens with zero attached hydrogens (tertiary/aromatic N) is 2. The highest BCUT2D eigenvalue weighted by Gasteiger charge is 2.20. The highest BCUT2D eigenvalue weighted by Crippen LogP contribution is 1.97. The predicted octanol–water partition coefficient (Wildman–Crippen LogP) is -0.636. The summed E-state index contributed by atoms with van der Waals surface area (Å²) in [5, 5.41) is 8.97. The molecule has 1 N–H and O–H groups in total. The third-order valence-corrected chi connectivity index (χ3v) is 3.07. The Bertz CT molecular complexity index is 449. The number of hydrogen-bond acceptors (Lipinski definition) is 9. The van der Waals surface area contributed by atoms with Gasteiger partial charge in [-0.2, -0.15) is 0 Å². The first-order valence-electron chi connectivity index (χ1n) is 8.45. The van der Waals surface area contributed by atoms with Crippen LogP contribution in [0.4, 0.5) is 0 Å². The van der Waals surface area contributed by atoms with Gasteiger partial charge in [0, 0.05) is 13.1 Å². The number of hydrogen-bond donors (Lipinski definition) is 1. The van der Waals surface area contributed by atoms with Crippen molar-refractivity contribution < 1.29 is 38.5 Å². The second-order valence-corrected chi connectivity index (χ2v) is 5.23. The average Bonchev–Trinajstić information content (AvgIpc) is 2.52. The molecule has 0 radical (unpaired) electrons. The molecule has 0 saturated carbocycles. The van der Waals surface area contributed by atoms with Crippen LogP contribution < -0.4 is 0 Å². The number of rotatable bonds is 14. The molecule has 0 heterocycles. The van der Waals surface area contributed by atoms with E-state index >= 15 is 0 Å². The van der Waals surface area contributed by atoms with Gasteiger partial charge in [0.1, 0.15) is 0 Å². The smallest absolute Gasteiger partial charge is 0.320 e. The van der Waals surface area contributed by atoms with Gasteiger partial charge < -0.3 is 19.3 Å². The fourth-order valence-electron chi connectivity index (χ4n) is 2.07. The van der Waals surface area contributed by atoms with Gasteiger partial charge >= 0.3 is 23.9 Å². The van der Waals surface area contributed by atoms with Crippen molar-refractivity contribution in [3.8, 4) is 0 Å². The molecule has 0 aromatic carbocycles. The molecule has 0 aliphatic heterocycles. The normalized spacial score (nSPS) is 10.7. The minimum absolute atomic E-state index is 0.143. The lowest BCUT2D eigenvalue weighted by Crippen LogP contribution is -2.44. The number of esters is 3. The molecule has 0 bridgehead atoms. The summed E-state index contributed by atoms with van der Waals surface area (Å²) in [5.41, 5.74) is 0. The molecule has 0 aliphatic rings. The van der Waals surface area contributed by atoms with Gasteiger partial charge in [-0.15, -0.1) is 0 Å². The molecule has 26 heavy (non-hydrogen) atoms. The Balaban J connectivity index is 4.82. The van der Waals surface area contributed by atoms with Gasteiger partial charge in [0.05, 0.1) is 46.0 Å². The number of carbonyl (C=O) groups is 4. The molecule has 10 nitrogen and oxygen atoms in total. The highest BCUT2D eigenvalue weighted by molar-refractivity contribution is 5.75. The van der Waals surface area contributed by atoms with Crippen molar-refractivity contribution in [3.63, 3.8) is 0 Å². The van der Waals surface area contributed by atoms with Crippen molar-refractivity contribution in [2.45, 2.75) is 20.8 Å². The van der Waals surface area contributed by atoms with Crippen LogP contribution in [0, 0.1) is 0 Å². The van der Waals surface area contributed by atoms with Crippen molar-refractivity contribution in [2.75, 3.05) is 59.1 Å². The predicted molar refractivity (Wildman–Crippen MR) is 90.4 cm³/mol. The quantitative estimate of drug-likeness (QED) is 0.309. The number of carboxylic acids is 1. The fourth-order valence-corrected chi connectivity index (χ4v) is 2.07. The topological polar surface area (TPSA) is 123 Å². The summed E-state index contributed by atoms with van der Waals surface area (Å²) in [6.07, 6.45) is 0. The molecule has 0 rings (SSSR count). The van der Waals surface area contributed by atoms with E-state index in [0.29, 0.717) is 0 Å². The van der Waals surface area contributed by atoms with E-state index in [9.17, 15) is 19.2 Å². The van der Waals surface area contributed by atoms with Crippen LogP contribution in [0.3, 0.4) is 0 Å². The third kappa shape index (κ3) is 12.2. The lowest BCUT2D eigenvalue weighted by molar-refractivity contribution is -0.150. The van der Waals surface area contributed by atoms with E-state index in [1.165, 1.54) is 9.80 Å². The maximum atomic E-state index is 11.7. The molecule has 0 fully saturated rings. The minimum Gasteiger partial charge on any atom is -0.480 e. The zero-order valence-electron chi connectivity index (χ0n) is 15.6. The van der Waals surface area contributed by atoms with E-state index in [-0.39, 0.29) is 59.1 Å². The van der Waals surface area contributed by atoms with E-state index in [1.54, 1.807) is 20.8 Å². The maximum absolute atomic E-state index is 11.7. The Morgan fingerprint density at radius 3 is 1.23 bits per heavy atom. The highest BCUT2D eigenvalue weighted by atomic mass is 16.5. The van der Waals surface area contributed by atoms with Crippen LogP contribution in [-0.4, -0.2) is 97.9 Å². The molecule has 0 atom stereocenters. The molecule has 150 valence electrons. The first-order valence-corrected chi connectivity index (χ1v) is 8.45. The van der Waals surface area contributed by atoms with Crippen LogP contribution in [0.25, 0.3) is 0 Å². The third-order valence-electron chi connectivity index (χ3n) is 3.07. The number of aliphatic carboxylic acids is 1. The van der Waals surface area contributed by atoms with Gasteiger partial charge in [0.15, 0.2) is 0 Å². The largest absolute Gasteiger partial charge is 0.480 e. The minimum atomic E-state index is -1.10. The van der Waals surface area contributed by atoms with Crippen LogP contribution in [-0.2, 0) is 33.4 Å². The van der Waals surface area contributed by atoms with Crippen molar-refractivity contribution in [3.05, 3.63) is 0 Å². The second-order valence-electron chi connectivity index (χ2n) is 5.23. The number of carbonyl (C=O) groups excluding carboxylic acids is 3. The van der Waals surface area contributed by atoms with Gasteiger partial charge in [-0.25, -0.2) is 0 Å². The molecule has 0 saturated heterocycles. The first kappa shape index (κ1) is 23.8. The fraction of sp³-hybridized carbons (Fsp3) is 0.750. The zero-order chi connectivity index (χ0) is 19.9. The van der Waals surface area contributed by atoms with Crippen LogP contribution in [0.15, 0.2) is 0 Å². The van der Waals surface area contributed by atoms with Crippen LogP contribution in [0.1, 0.15) is 20.8 Å². The Hall–Kier alpha value is -2.20. The SMILES string of the molecule is CCOC(=O)CN(CCN(CC(=O)OCC)CC(=O)OCC)CC(=O)O. The second kappa shape index (κ2) is 14.0. The molecule has 0 aliphatic carbocycles. The molecular weight excluding hydrogens is 348 g/mol. The Kier molecular flexibility index (Phi) is 12.8. The van der Waals surface area contributed by atoms with Crippen molar-refractivity contribution in [1.29, 1.82) is 0 Å². The van der Waals surface area contributed by atoms with E-state index < -0.39 is 23.9 Å². The molecule has 0 amide bonds. The van der Waals surface area contributed by atoms with Crippen molar-refractivity contribution in [2.24, 2.45) is 0 Å². The molecule has 0 unspecified atom stereocenters. The van der Waals surface area contributed by atoms with E-state index in [0.717, 1.165) is 0 Å². The van der Waals surface area contributed by atoms with Crippen LogP contribution in [0.5, 0.6) is 0 Å². The van der Waals surface area contributed by atoms with Crippen LogP contribution >= 0.6 is 0 Å². The molecule has 10 heteroatoms. The summed E-state index contributed by atoms with van der Waals surface area (Å²) in [7, 11) is 0. The molecular formula is C16H28N2O8. The lowest BCUT2D eigenvalue weighted by Gasteiger charge is -2.25. The van der Waals surface area contributed by atoms with Gasteiger partial charge in [-0.3, -0.25) is 29.0 Å². The van der Waals surface area contributed by atoms with Gasteiger partial charge in [0.25, 0.3) is 0 Å². The van der Waals surface area contributed by atoms with Gasteiger partial charge in [-0.1, -0.05) is 0 Å². The average molecular weight is 376 g/mol. The van der Waals surface area contributed by atoms with Gasteiger partial charge in [-0.05, 0) is 20.8 Å². The maximum Gasteiger partial charge on any atom is 0.320 e. The summed E-state index contributed by atoms with van der Waals surface area (Å²) in [6.45, 7) is 5.05. The molecule has 0 spiro atoms. The summed E-state index contributed by atoms with van der Waals surface area (Å²) >= 11 is 0. The lowest BCUT2D eigenvalue weighted by atomic mass is 10.4. The Morgan fingerprint density at radius 1 is 0.654 bits per heavy atom. The van der Waals surface area contributed by atoms with E-state index in [1.807, 2.05) is 0 Å². The van der Waals surface area contributed by atoms with Crippen LogP contribution in [0.2, 0.25) is 0 Å². The number of ether oxygens (including phenoxy) is 3. The standard InChI is InChI=1S/C16H28N2O8/c1-4-24-14(21)10-17(9-13(19)20)7-8-18(11-15(22)25-5-2)12-16(23)26-6-3/h4-12H2,1-3H3,(H,19,20). The van der Waals surface area contributed by atoms with Crippen molar-refractivity contribution in [1.82, 2.24) is 9.80 Å². The first-order chi connectivity index (χ1) is 12.3. The summed E-state index contributed by atoms with van der Waals surface area (Å²) in [4.78, 5) is 48.8. The van der Waals surface area contributed by atoms with E-state index in [2.05, 4.69) is 0 Å². The summed E-state index contributed by atoms with van der Waals surface area (Å²) < 4.78 is 14.6. The summed E-state index contributed by atoms with van der Waals surface area (Å²) in [5.74, 6) is -2.66. The summed E-state index contributed by atoms with van der Waals surface area (Å²) in [6, 6.07) is 0. The van der Waals surface area contributed by atoms with E-state index in [4.69, 9.17) is 19.3 Å². The molecule has 0 aromatic heterocycles. The monoisotopic (exact) mass is 376 g/mol. The van der Waals surface area contributed by atoms with Crippen molar-refractivity contribution >= 4 is 23.9 Å². The zero-order valence-corrected chi connectivity index (χ0v) is 15.6. The number of carboxylic acid groups (broad SMARTS) is 1.